The fourth-order valence-corrected chi connectivity index (χ4v) is 3.79. The number of carbonyl (C=O) groups is 2. The first-order valence-electron chi connectivity index (χ1n) is 10.9. The van der Waals surface area contributed by atoms with E-state index in [1.54, 1.807) is 43.5 Å². The third-order valence-electron chi connectivity index (χ3n) is 5.74. The van der Waals surface area contributed by atoms with E-state index in [1.165, 1.54) is 4.90 Å². The average Bonchev–Trinajstić information content (AvgIpc) is 3.08. The van der Waals surface area contributed by atoms with Crippen LogP contribution in [0, 0.1) is 0 Å². The minimum atomic E-state index is -0.398. The molecule has 0 bridgehead atoms. The molecule has 1 heterocycles. The molecule has 0 spiro atoms. The number of nitrogens with zero attached hydrogens (tertiary/aromatic N) is 3. The lowest BCUT2D eigenvalue weighted by Crippen LogP contribution is -2.32. The van der Waals surface area contributed by atoms with Crippen LogP contribution in [0.25, 0.3) is 5.57 Å². The van der Waals surface area contributed by atoms with Crippen LogP contribution in [0.2, 0.25) is 0 Å². The number of nitrogens with one attached hydrogen (secondary N) is 1. The van der Waals surface area contributed by atoms with Crippen molar-refractivity contribution in [2.45, 2.75) is 0 Å². The zero-order chi connectivity index (χ0) is 24.4. The van der Waals surface area contributed by atoms with Crippen LogP contribution >= 0.6 is 0 Å². The van der Waals surface area contributed by atoms with E-state index in [2.05, 4.69) is 5.32 Å². The molecule has 3 aromatic carbocycles. The van der Waals surface area contributed by atoms with Gasteiger partial charge in [0.2, 0.25) is 0 Å². The Labute approximate surface area is 199 Å². The third-order valence-corrected chi connectivity index (χ3v) is 5.74. The summed E-state index contributed by atoms with van der Waals surface area (Å²) in [4.78, 5) is 32.3. The summed E-state index contributed by atoms with van der Waals surface area (Å²) in [6.45, 7) is 0. The van der Waals surface area contributed by atoms with E-state index in [4.69, 9.17) is 4.74 Å². The van der Waals surface area contributed by atoms with Gasteiger partial charge in [-0.05, 0) is 66.2 Å². The largest absolute Gasteiger partial charge is 0.497 e. The summed E-state index contributed by atoms with van der Waals surface area (Å²) in [6, 6.07) is 22.1. The van der Waals surface area contributed by atoms with E-state index < -0.39 is 5.91 Å². The fraction of sp³-hybridized carbons (Fsp3) is 0.185. The molecule has 2 amide bonds. The Morgan fingerprint density at radius 2 is 1.24 bits per heavy atom. The van der Waals surface area contributed by atoms with Crippen LogP contribution in [0.3, 0.4) is 0 Å². The molecule has 174 valence electrons. The van der Waals surface area contributed by atoms with Crippen molar-refractivity contribution in [1.29, 1.82) is 0 Å². The molecule has 0 aromatic heterocycles. The lowest BCUT2D eigenvalue weighted by Gasteiger charge is -2.18. The summed E-state index contributed by atoms with van der Waals surface area (Å²) in [5.41, 5.74) is 4.45. The predicted octanol–water partition coefficient (Wildman–Crippen LogP) is 4.22. The molecule has 0 saturated heterocycles. The Hall–Kier alpha value is -4.26. The van der Waals surface area contributed by atoms with Crippen LogP contribution in [0.1, 0.15) is 5.56 Å². The number of hydrogen-bond acceptors (Lipinski definition) is 6. The lowest BCUT2D eigenvalue weighted by atomic mass is 10.0. The molecule has 34 heavy (non-hydrogen) atoms. The first-order chi connectivity index (χ1) is 16.3. The second-order valence-electron chi connectivity index (χ2n) is 8.40. The minimum absolute atomic E-state index is 0.240. The highest BCUT2D eigenvalue weighted by Crippen LogP contribution is 2.35. The molecule has 1 N–H and O–H groups in total. The molecule has 3 aromatic rings. The Morgan fingerprint density at radius 1 is 0.706 bits per heavy atom. The van der Waals surface area contributed by atoms with Crippen molar-refractivity contribution in [3.63, 3.8) is 0 Å². The van der Waals surface area contributed by atoms with E-state index in [-0.39, 0.29) is 11.6 Å². The van der Waals surface area contributed by atoms with Crippen molar-refractivity contribution >= 4 is 40.1 Å². The topological polar surface area (TPSA) is 65.1 Å². The average molecular weight is 457 g/mol. The number of rotatable bonds is 7. The van der Waals surface area contributed by atoms with Crippen molar-refractivity contribution in [3.8, 4) is 5.75 Å². The van der Waals surface area contributed by atoms with Gasteiger partial charge in [0.25, 0.3) is 11.8 Å². The molecule has 1 aliphatic rings. The number of methoxy groups -OCH3 is 1. The van der Waals surface area contributed by atoms with E-state index in [9.17, 15) is 9.59 Å². The van der Waals surface area contributed by atoms with Gasteiger partial charge >= 0.3 is 0 Å². The van der Waals surface area contributed by atoms with E-state index in [0.29, 0.717) is 22.6 Å². The maximum absolute atomic E-state index is 13.6. The summed E-state index contributed by atoms with van der Waals surface area (Å²) in [6.07, 6.45) is 0. The smallest absolute Gasteiger partial charge is 0.282 e. The number of anilines is 4. The van der Waals surface area contributed by atoms with Gasteiger partial charge in [-0.2, -0.15) is 0 Å². The van der Waals surface area contributed by atoms with Gasteiger partial charge in [-0.1, -0.05) is 12.1 Å². The van der Waals surface area contributed by atoms with Crippen LogP contribution in [-0.4, -0.2) is 47.1 Å². The molecule has 0 aliphatic carbocycles. The summed E-state index contributed by atoms with van der Waals surface area (Å²) in [5.74, 6) is -0.101. The van der Waals surface area contributed by atoms with Crippen molar-refractivity contribution in [2.24, 2.45) is 0 Å². The summed E-state index contributed by atoms with van der Waals surface area (Å²) < 4.78 is 5.25. The predicted molar refractivity (Wildman–Crippen MR) is 138 cm³/mol. The van der Waals surface area contributed by atoms with Gasteiger partial charge in [0.1, 0.15) is 11.4 Å². The lowest BCUT2D eigenvalue weighted by molar-refractivity contribution is -0.120. The fourth-order valence-electron chi connectivity index (χ4n) is 3.79. The number of hydrogen-bond donors (Lipinski definition) is 1. The van der Waals surface area contributed by atoms with Crippen molar-refractivity contribution in [1.82, 2.24) is 0 Å². The quantitative estimate of drug-likeness (QED) is 0.537. The molecule has 0 unspecified atom stereocenters. The SMILES string of the molecule is COc1ccc(C2=C(Nc3ccc(N(C)C)cc3)C(=O)N(c3ccc(N(C)C)cc3)C2=O)cc1. The van der Waals surface area contributed by atoms with Crippen LogP contribution < -0.4 is 24.8 Å². The van der Waals surface area contributed by atoms with E-state index in [1.807, 2.05) is 74.4 Å². The molecule has 4 rings (SSSR count). The highest BCUT2D eigenvalue weighted by Gasteiger charge is 2.40. The van der Waals surface area contributed by atoms with E-state index >= 15 is 0 Å². The second-order valence-corrected chi connectivity index (χ2v) is 8.40. The molecular formula is C27H28N4O3. The van der Waals surface area contributed by atoms with E-state index in [0.717, 1.165) is 17.1 Å². The maximum atomic E-state index is 13.6. The number of ether oxygens (including phenoxy) is 1. The van der Waals surface area contributed by atoms with Crippen LogP contribution in [0.15, 0.2) is 78.5 Å². The number of amides is 2. The van der Waals surface area contributed by atoms with Crippen LogP contribution in [0.5, 0.6) is 5.75 Å². The van der Waals surface area contributed by atoms with Crippen molar-refractivity contribution in [2.75, 3.05) is 55.3 Å². The Balaban J connectivity index is 1.75. The van der Waals surface area contributed by atoms with Gasteiger partial charge in [0, 0.05) is 45.3 Å². The highest BCUT2D eigenvalue weighted by molar-refractivity contribution is 6.46. The zero-order valence-electron chi connectivity index (χ0n) is 20.0. The first kappa shape index (κ1) is 22.9. The van der Waals surface area contributed by atoms with Crippen molar-refractivity contribution < 1.29 is 14.3 Å². The van der Waals surface area contributed by atoms with Gasteiger partial charge in [-0.15, -0.1) is 0 Å². The summed E-state index contributed by atoms with van der Waals surface area (Å²) in [5, 5.41) is 3.20. The highest BCUT2D eigenvalue weighted by atomic mass is 16.5. The normalized spacial score (nSPS) is 13.4. The maximum Gasteiger partial charge on any atom is 0.282 e. The van der Waals surface area contributed by atoms with Gasteiger partial charge in [0.15, 0.2) is 0 Å². The standard InChI is InChI=1S/C27H28N4O3/c1-29(2)20-10-8-19(9-11-20)28-25-24(18-6-16-23(34-5)17-7-18)26(32)31(27(25)33)22-14-12-21(13-15-22)30(3)4/h6-17,28H,1-5H3. The van der Waals surface area contributed by atoms with Gasteiger partial charge in [-0.25, -0.2) is 4.90 Å². The first-order valence-corrected chi connectivity index (χ1v) is 10.9. The summed E-state index contributed by atoms with van der Waals surface area (Å²) >= 11 is 0. The van der Waals surface area contributed by atoms with Crippen LogP contribution in [-0.2, 0) is 9.59 Å². The third kappa shape index (κ3) is 4.32. The molecule has 0 atom stereocenters. The van der Waals surface area contributed by atoms with Crippen LogP contribution in [0.4, 0.5) is 22.7 Å². The molecule has 7 nitrogen and oxygen atoms in total. The van der Waals surface area contributed by atoms with Gasteiger partial charge in [0.05, 0.1) is 18.4 Å². The molecule has 1 aliphatic heterocycles. The molecule has 7 heteroatoms. The minimum Gasteiger partial charge on any atom is -0.497 e. The molecule has 0 fully saturated rings. The van der Waals surface area contributed by atoms with Gasteiger partial charge < -0.3 is 19.9 Å². The molecular weight excluding hydrogens is 428 g/mol. The Kier molecular flexibility index (Phi) is 6.27. The Morgan fingerprint density at radius 3 is 1.74 bits per heavy atom. The molecule has 0 saturated carbocycles. The molecule has 0 radical (unpaired) electrons. The van der Waals surface area contributed by atoms with Gasteiger partial charge in [-0.3, -0.25) is 9.59 Å². The number of imide groups is 1. The monoisotopic (exact) mass is 456 g/mol. The zero-order valence-corrected chi connectivity index (χ0v) is 20.0. The number of benzene rings is 3. The summed E-state index contributed by atoms with van der Waals surface area (Å²) in [7, 11) is 9.39. The number of carbonyl (C=O) groups excluding carboxylic acids is 2. The Bertz CT molecular complexity index is 1230. The second kappa shape index (κ2) is 9.31. The van der Waals surface area contributed by atoms with Crippen molar-refractivity contribution in [3.05, 3.63) is 84.1 Å².